The maximum atomic E-state index is 12.8. The van der Waals surface area contributed by atoms with Crippen molar-refractivity contribution in [3.8, 4) is 11.5 Å². The van der Waals surface area contributed by atoms with Crippen LogP contribution < -0.4 is 24.8 Å². The van der Waals surface area contributed by atoms with Gasteiger partial charge in [-0.3, -0.25) is 14.5 Å². The Kier molecular flexibility index (Phi) is 9.11. The lowest BCUT2D eigenvalue weighted by Gasteiger charge is -2.13. The second-order valence-electron chi connectivity index (χ2n) is 8.58. The quantitative estimate of drug-likeness (QED) is 0.206. The van der Waals surface area contributed by atoms with E-state index in [1.807, 2.05) is 19.1 Å². The third-order valence-electron chi connectivity index (χ3n) is 5.70. The van der Waals surface area contributed by atoms with Crippen LogP contribution in [0.2, 0.25) is 5.02 Å². The summed E-state index contributed by atoms with van der Waals surface area (Å²) in [6.07, 6.45) is 1.70. The summed E-state index contributed by atoms with van der Waals surface area (Å²) >= 11 is 6.03. The molecule has 1 heterocycles. The number of sulfonamides is 1. The highest BCUT2D eigenvalue weighted by atomic mass is 35.5. The van der Waals surface area contributed by atoms with Gasteiger partial charge in [-0.05, 0) is 86.1 Å². The summed E-state index contributed by atoms with van der Waals surface area (Å²) in [5, 5.41) is 7.63. The maximum Gasteiger partial charge on any atom is 0.261 e. The fraction of sp³-hybridized carbons (Fsp3) is 0.214. The summed E-state index contributed by atoms with van der Waals surface area (Å²) < 4.78 is 39.2. The Bertz CT molecular complexity index is 1560. The lowest BCUT2D eigenvalue weighted by Crippen LogP contribution is -2.32. The van der Waals surface area contributed by atoms with E-state index in [2.05, 4.69) is 20.3 Å². The summed E-state index contributed by atoms with van der Waals surface area (Å²) in [7, 11) is -3.81. The standard InChI is InChI=1S/C28H29ClN4O5S/c1-3-37-22-7-5-21(6-8-22)33-39(35,36)23-9-11-27(19(2)16-23)38-18-28(34)32-15-14-31-25-12-13-30-26-17-20(29)4-10-24(25)26/h4-13,16-17,33H,3,14-15,18H2,1-2H3,(H,30,31)(H,32,34). The number of nitrogens with one attached hydrogen (secondary N) is 3. The number of fused-ring (bicyclic) bond motifs is 1. The Morgan fingerprint density at radius 2 is 1.77 bits per heavy atom. The molecule has 0 bridgehead atoms. The van der Waals surface area contributed by atoms with Gasteiger partial charge in [-0.25, -0.2) is 8.42 Å². The zero-order valence-corrected chi connectivity index (χ0v) is 23.1. The molecule has 0 aliphatic rings. The van der Waals surface area contributed by atoms with Crippen LogP contribution >= 0.6 is 11.6 Å². The van der Waals surface area contributed by atoms with Crippen LogP contribution in [0.5, 0.6) is 11.5 Å². The molecule has 0 atom stereocenters. The number of carbonyl (C=O) groups is 1. The molecule has 0 aliphatic carbocycles. The van der Waals surface area contributed by atoms with Gasteiger partial charge in [0.15, 0.2) is 6.61 Å². The third-order valence-corrected chi connectivity index (χ3v) is 7.31. The van der Waals surface area contributed by atoms with Gasteiger partial charge in [0.05, 0.1) is 17.0 Å². The molecule has 3 aromatic carbocycles. The zero-order chi connectivity index (χ0) is 27.8. The number of anilines is 2. The Hall–Kier alpha value is -4.02. The number of nitrogens with zero attached hydrogens (tertiary/aromatic N) is 1. The minimum Gasteiger partial charge on any atom is -0.494 e. The second kappa shape index (κ2) is 12.7. The average Bonchev–Trinajstić information content (AvgIpc) is 2.91. The number of hydrogen-bond donors (Lipinski definition) is 3. The molecule has 4 rings (SSSR count). The molecular weight excluding hydrogens is 540 g/mol. The highest BCUT2D eigenvalue weighted by Gasteiger charge is 2.16. The number of aromatic nitrogens is 1. The van der Waals surface area contributed by atoms with Gasteiger partial charge in [0.25, 0.3) is 15.9 Å². The van der Waals surface area contributed by atoms with Crippen LogP contribution in [0, 0.1) is 6.92 Å². The number of hydrogen-bond acceptors (Lipinski definition) is 7. The van der Waals surface area contributed by atoms with Crippen molar-refractivity contribution in [3.05, 3.63) is 83.5 Å². The minimum absolute atomic E-state index is 0.0858. The number of carbonyl (C=O) groups excluding carboxylic acids is 1. The SMILES string of the molecule is CCOc1ccc(NS(=O)(=O)c2ccc(OCC(=O)NCCNc3ccnc4cc(Cl)ccc34)c(C)c2)cc1. The predicted molar refractivity (Wildman–Crippen MR) is 153 cm³/mol. The van der Waals surface area contributed by atoms with Gasteiger partial charge in [-0.15, -0.1) is 0 Å². The summed E-state index contributed by atoms with van der Waals surface area (Å²) in [5.74, 6) is 0.785. The normalized spacial score (nSPS) is 11.2. The average molecular weight is 569 g/mol. The van der Waals surface area contributed by atoms with Crippen LogP contribution in [0.25, 0.3) is 10.9 Å². The van der Waals surface area contributed by atoms with Crippen LogP contribution in [0.15, 0.2) is 77.8 Å². The highest BCUT2D eigenvalue weighted by Crippen LogP contribution is 2.25. The van der Waals surface area contributed by atoms with Gasteiger partial charge in [0.2, 0.25) is 0 Å². The number of amides is 1. The zero-order valence-electron chi connectivity index (χ0n) is 21.5. The van der Waals surface area contributed by atoms with Crippen molar-refractivity contribution in [2.45, 2.75) is 18.7 Å². The lowest BCUT2D eigenvalue weighted by atomic mass is 10.2. The highest BCUT2D eigenvalue weighted by molar-refractivity contribution is 7.92. The van der Waals surface area contributed by atoms with E-state index in [1.54, 1.807) is 49.5 Å². The van der Waals surface area contributed by atoms with Crippen molar-refractivity contribution in [2.75, 3.05) is 36.3 Å². The van der Waals surface area contributed by atoms with Crippen LogP contribution in [-0.4, -0.2) is 45.6 Å². The van der Waals surface area contributed by atoms with Crippen molar-refractivity contribution in [1.29, 1.82) is 0 Å². The molecule has 0 aliphatic heterocycles. The topological polar surface area (TPSA) is 119 Å². The van der Waals surface area contributed by atoms with Crippen molar-refractivity contribution < 1.29 is 22.7 Å². The number of aryl methyl sites for hydroxylation is 1. The molecule has 0 saturated carbocycles. The first-order chi connectivity index (χ1) is 18.7. The van der Waals surface area contributed by atoms with Gasteiger partial charge < -0.3 is 20.1 Å². The molecule has 3 N–H and O–H groups in total. The second-order valence-corrected chi connectivity index (χ2v) is 10.7. The molecule has 0 radical (unpaired) electrons. The number of pyridine rings is 1. The van der Waals surface area contributed by atoms with E-state index >= 15 is 0 Å². The molecule has 0 spiro atoms. The fourth-order valence-electron chi connectivity index (χ4n) is 3.82. The van der Waals surface area contributed by atoms with Gasteiger partial charge in [-0.2, -0.15) is 0 Å². The number of rotatable bonds is 12. The van der Waals surface area contributed by atoms with Crippen molar-refractivity contribution in [1.82, 2.24) is 10.3 Å². The van der Waals surface area contributed by atoms with Gasteiger partial charge in [0.1, 0.15) is 11.5 Å². The maximum absolute atomic E-state index is 12.8. The largest absolute Gasteiger partial charge is 0.494 e. The van der Waals surface area contributed by atoms with Crippen molar-refractivity contribution >= 4 is 49.8 Å². The van der Waals surface area contributed by atoms with Gasteiger partial charge in [-0.1, -0.05) is 11.6 Å². The first-order valence-corrected chi connectivity index (χ1v) is 14.2. The molecule has 0 fully saturated rings. The van der Waals surface area contributed by atoms with E-state index in [1.165, 1.54) is 18.2 Å². The number of benzene rings is 3. The van der Waals surface area contributed by atoms with Gasteiger partial charge in [0, 0.05) is 41.1 Å². The van der Waals surface area contributed by atoms with Crippen LogP contribution in [0.4, 0.5) is 11.4 Å². The Balaban J connectivity index is 1.25. The molecule has 4 aromatic rings. The fourth-order valence-corrected chi connectivity index (χ4v) is 5.13. The van der Waals surface area contributed by atoms with E-state index in [9.17, 15) is 13.2 Å². The molecule has 0 unspecified atom stereocenters. The molecular formula is C28H29ClN4O5S. The first kappa shape index (κ1) is 28.0. The first-order valence-electron chi connectivity index (χ1n) is 12.3. The molecule has 39 heavy (non-hydrogen) atoms. The van der Waals surface area contributed by atoms with E-state index in [-0.39, 0.29) is 17.4 Å². The summed E-state index contributed by atoms with van der Waals surface area (Å²) in [6.45, 7) is 4.80. The van der Waals surface area contributed by atoms with Crippen LogP contribution in [-0.2, 0) is 14.8 Å². The molecule has 9 nitrogen and oxygen atoms in total. The Labute approximate surface area is 232 Å². The van der Waals surface area contributed by atoms with E-state index in [0.29, 0.717) is 47.5 Å². The predicted octanol–water partition coefficient (Wildman–Crippen LogP) is 5.00. The number of ether oxygens (including phenoxy) is 2. The van der Waals surface area contributed by atoms with Crippen LogP contribution in [0.1, 0.15) is 12.5 Å². The third kappa shape index (κ3) is 7.52. The Morgan fingerprint density at radius 3 is 2.51 bits per heavy atom. The van der Waals surface area contributed by atoms with E-state index < -0.39 is 10.0 Å². The molecule has 1 amide bonds. The van der Waals surface area contributed by atoms with Gasteiger partial charge >= 0.3 is 0 Å². The lowest BCUT2D eigenvalue weighted by molar-refractivity contribution is -0.123. The summed E-state index contributed by atoms with van der Waals surface area (Å²) in [5.41, 5.74) is 2.68. The number of halogens is 1. The smallest absolute Gasteiger partial charge is 0.261 e. The van der Waals surface area contributed by atoms with Crippen LogP contribution in [0.3, 0.4) is 0 Å². The van der Waals surface area contributed by atoms with E-state index in [0.717, 1.165) is 16.6 Å². The van der Waals surface area contributed by atoms with E-state index in [4.69, 9.17) is 21.1 Å². The summed E-state index contributed by atoms with van der Waals surface area (Å²) in [6, 6.07) is 18.5. The molecule has 204 valence electrons. The molecule has 1 aromatic heterocycles. The molecule has 11 heteroatoms. The van der Waals surface area contributed by atoms with Crippen molar-refractivity contribution in [3.63, 3.8) is 0 Å². The monoisotopic (exact) mass is 568 g/mol. The summed E-state index contributed by atoms with van der Waals surface area (Å²) in [4.78, 5) is 16.7. The molecule has 0 saturated heterocycles. The van der Waals surface area contributed by atoms with Crippen molar-refractivity contribution in [2.24, 2.45) is 0 Å². The Morgan fingerprint density at radius 1 is 0.974 bits per heavy atom. The minimum atomic E-state index is -3.81.